The summed E-state index contributed by atoms with van der Waals surface area (Å²) < 4.78 is 13.7. The van der Waals surface area contributed by atoms with Crippen molar-refractivity contribution >= 4 is 17.3 Å². The lowest BCUT2D eigenvalue weighted by atomic mass is 10.1. The second-order valence-corrected chi connectivity index (χ2v) is 5.11. The number of nitro benzene ring substituents is 1. The molecule has 0 unspecified atom stereocenters. The van der Waals surface area contributed by atoms with Crippen molar-refractivity contribution in [1.29, 1.82) is 0 Å². The number of aromatic carboxylic acids is 1. The molecule has 1 aromatic carbocycles. The van der Waals surface area contributed by atoms with Crippen LogP contribution in [0.4, 0.5) is 15.8 Å². The molecule has 21 heavy (non-hydrogen) atoms. The van der Waals surface area contributed by atoms with E-state index in [-0.39, 0.29) is 17.4 Å². The van der Waals surface area contributed by atoms with Gasteiger partial charge in [0.15, 0.2) is 0 Å². The summed E-state index contributed by atoms with van der Waals surface area (Å²) in [5, 5.41) is 20.2. The van der Waals surface area contributed by atoms with E-state index < -0.39 is 22.3 Å². The molecule has 0 saturated heterocycles. The van der Waals surface area contributed by atoms with Gasteiger partial charge in [-0.05, 0) is 25.8 Å². The van der Waals surface area contributed by atoms with Gasteiger partial charge in [-0.25, -0.2) is 9.18 Å². The predicted molar refractivity (Wildman–Crippen MR) is 75.3 cm³/mol. The number of nitro groups is 1. The summed E-state index contributed by atoms with van der Waals surface area (Å²) in [6.45, 7) is 2.36. The molecule has 1 aliphatic rings. The van der Waals surface area contributed by atoms with E-state index >= 15 is 0 Å². The van der Waals surface area contributed by atoms with Crippen molar-refractivity contribution in [1.82, 2.24) is 0 Å². The van der Waals surface area contributed by atoms with E-state index in [0.717, 1.165) is 31.7 Å². The van der Waals surface area contributed by atoms with Crippen molar-refractivity contribution in [2.45, 2.75) is 38.6 Å². The van der Waals surface area contributed by atoms with Crippen molar-refractivity contribution in [3.63, 3.8) is 0 Å². The normalized spacial score (nSPS) is 15.1. The predicted octanol–water partition coefficient (Wildman–Crippen LogP) is 3.20. The molecule has 1 saturated carbocycles. The molecule has 1 fully saturated rings. The summed E-state index contributed by atoms with van der Waals surface area (Å²) in [5.74, 6) is -2.51. The molecule has 0 aliphatic heterocycles. The Kier molecular flexibility index (Phi) is 4.40. The highest BCUT2D eigenvalue weighted by molar-refractivity contribution is 5.90. The van der Waals surface area contributed by atoms with Crippen LogP contribution in [0.3, 0.4) is 0 Å². The third-order valence-electron chi connectivity index (χ3n) is 3.91. The van der Waals surface area contributed by atoms with Crippen LogP contribution >= 0.6 is 0 Å². The summed E-state index contributed by atoms with van der Waals surface area (Å²) in [4.78, 5) is 23.4. The summed E-state index contributed by atoms with van der Waals surface area (Å²) in [6, 6.07) is 1.93. The average molecular weight is 296 g/mol. The van der Waals surface area contributed by atoms with Crippen LogP contribution in [0.1, 0.15) is 43.0 Å². The van der Waals surface area contributed by atoms with Gasteiger partial charge in [0, 0.05) is 12.6 Å². The molecule has 1 aromatic rings. The minimum atomic E-state index is -1.42. The summed E-state index contributed by atoms with van der Waals surface area (Å²) in [6.07, 6.45) is 3.90. The number of hydrogen-bond donors (Lipinski definition) is 1. The van der Waals surface area contributed by atoms with Crippen LogP contribution in [0.15, 0.2) is 12.1 Å². The molecular weight excluding hydrogens is 279 g/mol. The first-order valence-electron chi connectivity index (χ1n) is 6.93. The first kappa shape index (κ1) is 15.2. The SMILES string of the molecule is CCN(c1cc(C(=O)O)c(F)cc1[N+](=O)[O-])C1CCCC1. The molecule has 0 amide bonds. The third kappa shape index (κ3) is 2.96. The second-order valence-electron chi connectivity index (χ2n) is 5.11. The molecule has 0 spiro atoms. The van der Waals surface area contributed by atoms with Crippen LogP contribution in [0, 0.1) is 15.9 Å². The number of hydrogen-bond acceptors (Lipinski definition) is 4. The lowest BCUT2D eigenvalue weighted by Gasteiger charge is -2.29. The Morgan fingerprint density at radius 1 is 1.48 bits per heavy atom. The van der Waals surface area contributed by atoms with Gasteiger partial charge in [0.1, 0.15) is 11.5 Å². The highest BCUT2D eigenvalue weighted by Crippen LogP contribution is 2.36. The van der Waals surface area contributed by atoms with Gasteiger partial charge in [0.05, 0.1) is 16.6 Å². The fraction of sp³-hybridized carbons (Fsp3) is 0.500. The van der Waals surface area contributed by atoms with Gasteiger partial charge in [0.25, 0.3) is 5.69 Å². The van der Waals surface area contributed by atoms with Crippen LogP contribution in [0.2, 0.25) is 0 Å². The molecular formula is C14H17FN2O4. The maximum absolute atomic E-state index is 13.7. The zero-order valence-electron chi connectivity index (χ0n) is 11.7. The molecule has 0 bridgehead atoms. The van der Waals surface area contributed by atoms with Crippen LogP contribution in [0.5, 0.6) is 0 Å². The highest BCUT2D eigenvalue weighted by Gasteiger charge is 2.29. The standard InChI is InChI=1S/C14H17FN2O4/c1-2-16(9-5-3-4-6-9)12-7-10(14(18)19)11(15)8-13(12)17(20)21/h7-9H,2-6H2,1H3,(H,18,19). The van der Waals surface area contributed by atoms with E-state index in [0.29, 0.717) is 12.6 Å². The molecule has 0 radical (unpaired) electrons. The zero-order valence-corrected chi connectivity index (χ0v) is 11.7. The van der Waals surface area contributed by atoms with Crippen LogP contribution < -0.4 is 4.90 Å². The number of carbonyl (C=O) groups is 1. The maximum Gasteiger partial charge on any atom is 0.338 e. The Hall–Kier alpha value is -2.18. The van der Waals surface area contributed by atoms with Gasteiger partial charge in [0.2, 0.25) is 0 Å². The van der Waals surface area contributed by atoms with Gasteiger partial charge >= 0.3 is 5.97 Å². The van der Waals surface area contributed by atoms with Gasteiger partial charge in [-0.2, -0.15) is 0 Å². The van der Waals surface area contributed by atoms with Crippen molar-refractivity contribution in [3.05, 3.63) is 33.6 Å². The molecule has 0 aromatic heterocycles. The zero-order chi connectivity index (χ0) is 15.6. The molecule has 2 rings (SSSR count). The number of halogens is 1. The maximum atomic E-state index is 13.7. The van der Waals surface area contributed by atoms with Crippen molar-refractivity contribution < 1.29 is 19.2 Å². The van der Waals surface area contributed by atoms with E-state index in [2.05, 4.69) is 0 Å². The lowest BCUT2D eigenvalue weighted by molar-refractivity contribution is -0.384. The molecule has 1 N–H and O–H groups in total. The van der Waals surface area contributed by atoms with E-state index in [1.165, 1.54) is 0 Å². The molecule has 6 nitrogen and oxygen atoms in total. The largest absolute Gasteiger partial charge is 0.478 e. The third-order valence-corrected chi connectivity index (χ3v) is 3.91. The number of nitrogens with zero attached hydrogens (tertiary/aromatic N) is 2. The van der Waals surface area contributed by atoms with Gasteiger partial charge in [-0.15, -0.1) is 0 Å². The summed E-state index contributed by atoms with van der Waals surface area (Å²) in [7, 11) is 0. The number of benzene rings is 1. The number of anilines is 1. The Morgan fingerprint density at radius 2 is 2.10 bits per heavy atom. The molecule has 7 heteroatoms. The smallest absolute Gasteiger partial charge is 0.338 e. The molecule has 114 valence electrons. The Bertz CT molecular complexity index is 570. The lowest BCUT2D eigenvalue weighted by Crippen LogP contribution is -2.33. The Morgan fingerprint density at radius 3 is 2.57 bits per heavy atom. The minimum Gasteiger partial charge on any atom is -0.478 e. The number of carboxylic acids is 1. The van der Waals surface area contributed by atoms with Gasteiger partial charge in [-0.3, -0.25) is 10.1 Å². The van der Waals surface area contributed by atoms with Crippen molar-refractivity contribution in [3.8, 4) is 0 Å². The molecule has 0 heterocycles. The fourth-order valence-electron chi connectivity index (χ4n) is 2.93. The monoisotopic (exact) mass is 296 g/mol. The quantitative estimate of drug-likeness (QED) is 0.666. The minimum absolute atomic E-state index is 0.140. The number of rotatable bonds is 5. The van der Waals surface area contributed by atoms with E-state index in [1.54, 1.807) is 0 Å². The summed E-state index contributed by atoms with van der Waals surface area (Å²) in [5.41, 5.74) is -0.730. The number of carboxylic acid groups (broad SMARTS) is 1. The Labute approximate surface area is 121 Å². The highest BCUT2D eigenvalue weighted by atomic mass is 19.1. The first-order valence-corrected chi connectivity index (χ1v) is 6.93. The van der Waals surface area contributed by atoms with Gasteiger partial charge < -0.3 is 10.0 Å². The van der Waals surface area contributed by atoms with E-state index in [1.807, 2.05) is 11.8 Å². The average Bonchev–Trinajstić information content (AvgIpc) is 2.94. The van der Waals surface area contributed by atoms with E-state index in [4.69, 9.17) is 5.11 Å². The molecule has 0 atom stereocenters. The van der Waals surface area contributed by atoms with Crippen LogP contribution in [0.25, 0.3) is 0 Å². The van der Waals surface area contributed by atoms with Gasteiger partial charge in [-0.1, -0.05) is 12.8 Å². The second kappa shape index (κ2) is 6.07. The van der Waals surface area contributed by atoms with E-state index in [9.17, 15) is 19.3 Å². The van der Waals surface area contributed by atoms with Crippen LogP contribution in [-0.4, -0.2) is 28.6 Å². The fourth-order valence-corrected chi connectivity index (χ4v) is 2.93. The first-order chi connectivity index (χ1) is 9.95. The van der Waals surface area contributed by atoms with Crippen molar-refractivity contribution in [2.24, 2.45) is 0 Å². The van der Waals surface area contributed by atoms with Crippen molar-refractivity contribution in [2.75, 3.05) is 11.4 Å². The molecule has 1 aliphatic carbocycles. The topological polar surface area (TPSA) is 83.7 Å². The summed E-state index contributed by atoms with van der Waals surface area (Å²) >= 11 is 0. The van der Waals surface area contributed by atoms with Crippen LogP contribution in [-0.2, 0) is 0 Å². The Balaban J connectivity index is 2.54.